The molecule has 1 aliphatic heterocycles. The van der Waals surface area contributed by atoms with E-state index in [1.807, 2.05) is 19.9 Å². The maximum atomic E-state index is 12.8. The molecule has 1 saturated heterocycles. The predicted molar refractivity (Wildman–Crippen MR) is 85.5 cm³/mol. The SMILES string of the molecule is COc1ccc(C)cc1S(=O)(=O)N1CCC(C)(CN)C1.Cl. The third-order valence-corrected chi connectivity index (χ3v) is 5.82. The summed E-state index contributed by atoms with van der Waals surface area (Å²) >= 11 is 0. The molecule has 120 valence electrons. The highest BCUT2D eigenvalue weighted by Crippen LogP contribution is 2.35. The van der Waals surface area contributed by atoms with Gasteiger partial charge in [-0.15, -0.1) is 12.4 Å². The number of benzene rings is 1. The molecule has 0 bridgehead atoms. The van der Waals surface area contributed by atoms with Crippen LogP contribution in [0.5, 0.6) is 5.75 Å². The Bertz CT molecular complexity index is 606. The van der Waals surface area contributed by atoms with E-state index in [9.17, 15) is 8.42 Å². The zero-order valence-corrected chi connectivity index (χ0v) is 14.3. The Morgan fingerprint density at radius 2 is 2.10 bits per heavy atom. The Kier molecular flexibility index (Phi) is 5.66. The molecule has 0 radical (unpaired) electrons. The fourth-order valence-corrected chi connectivity index (χ4v) is 4.31. The number of nitrogens with zero attached hydrogens (tertiary/aromatic N) is 1. The predicted octanol–water partition coefficient (Wildman–Crippen LogP) is 1.78. The van der Waals surface area contributed by atoms with E-state index in [2.05, 4.69) is 0 Å². The monoisotopic (exact) mass is 334 g/mol. The summed E-state index contributed by atoms with van der Waals surface area (Å²) in [5, 5.41) is 0. The van der Waals surface area contributed by atoms with Crippen molar-refractivity contribution in [2.75, 3.05) is 26.7 Å². The van der Waals surface area contributed by atoms with Crippen LogP contribution in [0.2, 0.25) is 0 Å². The lowest BCUT2D eigenvalue weighted by atomic mass is 9.90. The molecule has 0 aliphatic carbocycles. The minimum absolute atomic E-state index is 0. The molecule has 1 unspecified atom stereocenters. The fourth-order valence-electron chi connectivity index (χ4n) is 2.47. The highest BCUT2D eigenvalue weighted by molar-refractivity contribution is 7.89. The zero-order chi connectivity index (χ0) is 15.0. The Labute approximate surface area is 132 Å². The number of hydrogen-bond donors (Lipinski definition) is 1. The van der Waals surface area contributed by atoms with E-state index < -0.39 is 10.0 Å². The average molecular weight is 335 g/mol. The van der Waals surface area contributed by atoms with Crippen LogP contribution in [0.15, 0.2) is 23.1 Å². The second-order valence-electron chi connectivity index (χ2n) is 5.76. The third kappa shape index (κ3) is 3.51. The lowest BCUT2D eigenvalue weighted by Gasteiger charge is -2.23. The van der Waals surface area contributed by atoms with Gasteiger partial charge >= 0.3 is 0 Å². The fraction of sp³-hybridized carbons (Fsp3) is 0.571. The molecule has 0 spiro atoms. The standard InChI is InChI=1S/C14H22N2O3S.ClH/c1-11-4-5-12(19-3)13(8-11)20(17,18)16-7-6-14(2,9-15)10-16;/h4-5,8H,6-7,9-10,15H2,1-3H3;1H. The molecule has 2 N–H and O–H groups in total. The van der Waals surface area contributed by atoms with Crippen LogP contribution in [0.3, 0.4) is 0 Å². The molecule has 0 amide bonds. The summed E-state index contributed by atoms with van der Waals surface area (Å²) in [4.78, 5) is 0.237. The molecule has 0 aromatic heterocycles. The van der Waals surface area contributed by atoms with Gasteiger partial charge in [-0.3, -0.25) is 0 Å². The lowest BCUT2D eigenvalue weighted by molar-refractivity contribution is 0.348. The van der Waals surface area contributed by atoms with Crippen LogP contribution in [0, 0.1) is 12.3 Å². The third-order valence-electron chi connectivity index (χ3n) is 3.95. The summed E-state index contributed by atoms with van der Waals surface area (Å²) in [5.74, 6) is 0.386. The minimum Gasteiger partial charge on any atom is -0.495 e. The average Bonchev–Trinajstić information content (AvgIpc) is 2.83. The van der Waals surface area contributed by atoms with E-state index in [0.29, 0.717) is 25.4 Å². The van der Waals surface area contributed by atoms with Gasteiger partial charge in [0.2, 0.25) is 10.0 Å². The molecule has 1 aliphatic rings. The molecule has 21 heavy (non-hydrogen) atoms. The van der Waals surface area contributed by atoms with Crippen LogP contribution in [-0.2, 0) is 10.0 Å². The molecule has 5 nitrogen and oxygen atoms in total. The molecule has 1 aromatic carbocycles. The van der Waals surface area contributed by atoms with E-state index in [1.54, 1.807) is 12.1 Å². The van der Waals surface area contributed by atoms with Crippen molar-refractivity contribution in [2.24, 2.45) is 11.1 Å². The molecule has 0 saturated carbocycles. The van der Waals surface area contributed by atoms with E-state index in [1.165, 1.54) is 11.4 Å². The van der Waals surface area contributed by atoms with Gasteiger partial charge in [-0.05, 0) is 43.0 Å². The van der Waals surface area contributed by atoms with Crippen LogP contribution in [0.25, 0.3) is 0 Å². The Hall–Kier alpha value is -0.820. The van der Waals surface area contributed by atoms with Crippen LogP contribution in [0.1, 0.15) is 18.9 Å². The van der Waals surface area contributed by atoms with Crippen LogP contribution < -0.4 is 10.5 Å². The molecular weight excluding hydrogens is 312 g/mol. The van der Waals surface area contributed by atoms with Crippen molar-refractivity contribution >= 4 is 22.4 Å². The summed E-state index contributed by atoms with van der Waals surface area (Å²) < 4.78 is 32.3. The number of halogens is 1. The molecular formula is C14H23ClN2O3S. The van der Waals surface area contributed by atoms with Crippen molar-refractivity contribution in [3.8, 4) is 5.75 Å². The van der Waals surface area contributed by atoms with E-state index in [0.717, 1.165) is 12.0 Å². The van der Waals surface area contributed by atoms with Crippen molar-refractivity contribution in [3.63, 3.8) is 0 Å². The van der Waals surface area contributed by atoms with Gasteiger partial charge in [-0.1, -0.05) is 13.0 Å². The second-order valence-corrected chi connectivity index (χ2v) is 7.66. The summed E-state index contributed by atoms with van der Waals surface area (Å²) in [6.45, 7) is 5.35. The summed E-state index contributed by atoms with van der Waals surface area (Å²) in [7, 11) is -2.05. The van der Waals surface area contributed by atoms with E-state index in [4.69, 9.17) is 10.5 Å². The number of hydrogen-bond acceptors (Lipinski definition) is 4. The molecule has 1 heterocycles. The molecule has 1 aromatic rings. The first-order chi connectivity index (χ1) is 9.32. The number of ether oxygens (including phenoxy) is 1. The number of rotatable bonds is 4. The number of nitrogens with two attached hydrogens (primary N) is 1. The highest BCUT2D eigenvalue weighted by Gasteiger charge is 2.39. The van der Waals surface area contributed by atoms with Gasteiger partial charge in [0.1, 0.15) is 10.6 Å². The van der Waals surface area contributed by atoms with E-state index >= 15 is 0 Å². The largest absolute Gasteiger partial charge is 0.495 e. The summed E-state index contributed by atoms with van der Waals surface area (Å²) in [5.41, 5.74) is 6.51. The van der Waals surface area contributed by atoms with Crippen molar-refractivity contribution in [1.29, 1.82) is 0 Å². The summed E-state index contributed by atoms with van der Waals surface area (Å²) in [6, 6.07) is 5.19. The first-order valence-corrected chi connectivity index (χ1v) is 8.11. The van der Waals surface area contributed by atoms with Crippen molar-refractivity contribution in [3.05, 3.63) is 23.8 Å². The first kappa shape index (κ1) is 18.2. The number of sulfonamides is 1. The lowest BCUT2D eigenvalue weighted by Crippen LogP contribution is -2.34. The van der Waals surface area contributed by atoms with Crippen molar-refractivity contribution in [2.45, 2.75) is 25.2 Å². The second kappa shape index (κ2) is 6.52. The van der Waals surface area contributed by atoms with Gasteiger partial charge in [0.15, 0.2) is 0 Å². The van der Waals surface area contributed by atoms with Crippen molar-refractivity contribution in [1.82, 2.24) is 4.31 Å². The zero-order valence-electron chi connectivity index (χ0n) is 12.6. The quantitative estimate of drug-likeness (QED) is 0.911. The molecule has 2 rings (SSSR count). The summed E-state index contributed by atoms with van der Waals surface area (Å²) in [6.07, 6.45) is 0.789. The van der Waals surface area contributed by atoms with Crippen molar-refractivity contribution < 1.29 is 13.2 Å². The van der Waals surface area contributed by atoms with Crippen LogP contribution in [-0.4, -0.2) is 39.5 Å². The van der Waals surface area contributed by atoms with Gasteiger partial charge in [0, 0.05) is 13.1 Å². The van der Waals surface area contributed by atoms with Gasteiger partial charge in [-0.2, -0.15) is 4.31 Å². The Morgan fingerprint density at radius 1 is 1.43 bits per heavy atom. The Balaban J connectivity index is 0.00000220. The highest BCUT2D eigenvalue weighted by atomic mass is 35.5. The first-order valence-electron chi connectivity index (χ1n) is 6.67. The van der Waals surface area contributed by atoms with Gasteiger partial charge in [0.25, 0.3) is 0 Å². The van der Waals surface area contributed by atoms with Gasteiger partial charge in [0.05, 0.1) is 7.11 Å². The van der Waals surface area contributed by atoms with Gasteiger partial charge in [-0.25, -0.2) is 8.42 Å². The normalized spacial score (nSPS) is 22.9. The minimum atomic E-state index is -3.53. The molecule has 1 fully saturated rings. The smallest absolute Gasteiger partial charge is 0.246 e. The van der Waals surface area contributed by atoms with Crippen LogP contribution in [0.4, 0.5) is 0 Å². The molecule has 7 heteroatoms. The molecule has 1 atom stereocenters. The van der Waals surface area contributed by atoms with Crippen LogP contribution >= 0.6 is 12.4 Å². The maximum Gasteiger partial charge on any atom is 0.246 e. The Morgan fingerprint density at radius 3 is 2.62 bits per heavy atom. The maximum absolute atomic E-state index is 12.8. The van der Waals surface area contributed by atoms with E-state index in [-0.39, 0.29) is 22.7 Å². The number of methoxy groups -OCH3 is 1. The van der Waals surface area contributed by atoms with Gasteiger partial charge < -0.3 is 10.5 Å². The number of aryl methyl sites for hydroxylation is 1. The topological polar surface area (TPSA) is 72.6 Å².